The molecule has 2 heterocycles. The molecule has 1 unspecified atom stereocenters. The van der Waals surface area contributed by atoms with Gasteiger partial charge >= 0.3 is 6.09 Å². The van der Waals surface area contributed by atoms with Gasteiger partial charge < -0.3 is 25.0 Å². The second-order valence-electron chi connectivity index (χ2n) is 11.2. The summed E-state index contributed by atoms with van der Waals surface area (Å²) >= 11 is 0. The van der Waals surface area contributed by atoms with E-state index in [1.165, 1.54) is 12.8 Å². The van der Waals surface area contributed by atoms with Crippen LogP contribution in [0.25, 0.3) is 0 Å². The predicted octanol–water partition coefficient (Wildman–Crippen LogP) is 5.69. The fourth-order valence-corrected chi connectivity index (χ4v) is 5.37. The Morgan fingerprint density at radius 3 is 2.50 bits per heavy atom. The Kier molecular flexibility index (Phi) is 6.58. The number of hydrogen-bond donors (Lipinski definition) is 2. The maximum atomic E-state index is 13.3. The SMILES string of the molecule is CCOc1ccc(C2Nc3ccc(C(=O)NCC4CC4)cc3[C@@H]3[C@H]2CCN3C(=O)OC(C)(C)C)cc1. The summed E-state index contributed by atoms with van der Waals surface area (Å²) in [7, 11) is 0. The van der Waals surface area contributed by atoms with Gasteiger partial charge in [-0.05, 0) is 94.3 Å². The minimum atomic E-state index is -0.579. The number of hydrogen-bond acceptors (Lipinski definition) is 5. The summed E-state index contributed by atoms with van der Waals surface area (Å²) < 4.78 is 11.4. The molecule has 2 aromatic carbocycles. The average molecular weight is 492 g/mol. The van der Waals surface area contributed by atoms with E-state index >= 15 is 0 Å². The minimum absolute atomic E-state index is 0.0279. The number of carbonyl (C=O) groups excluding carboxylic acids is 2. The molecule has 0 radical (unpaired) electrons. The zero-order valence-electron chi connectivity index (χ0n) is 21.7. The van der Waals surface area contributed by atoms with Gasteiger partial charge in [0.2, 0.25) is 0 Å². The van der Waals surface area contributed by atoms with Crippen LogP contribution in [0.5, 0.6) is 5.75 Å². The molecule has 3 aliphatic rings. The number of nitrogens with zero attached hydrogens (tertiary/aromatic N) is 1. The van der Waals surface area contributed by atoms with Crippen LogP contribution in [0.4, 0.5) is 10.5 Å². The molecule has 2 fully saturated rings. The Morgan fingerprint density at radius 2 is 1.83 bits per heavy atom. The maximum Gasteiger partial charge on any atom is 0.410 e. The van der Waals surface area contributed by atoms with E-state index in [1.54, 1.807) is 0 Å². The van der Waals surface area contributed by atoms with Crippen molar-refractivity contribution in [3.63, 3.8) is 0 Å². The molecule has 1 aliphatic carbocycles. The van der Waals surface area contributed by atoms with Crippen molar-refractivity contribution in [2.24, 2.45) is 11.8 Å². The van der Waals surface area contributed by atoms with Crippen LogP contribution in [0.15, 0.2) is 42.5 Å². The normalized spacial score (nSPS) is 22.8. The first-order valence-corrected chi connectivity index (χ1v) is 13.1. The van der Waals surface area contributed by atoms with E-state index in [0.717, 1.165) is 35.5 Å². The largest absolute Gasteiger partial charge is 0.494 e. The number of nitrogens with one attached hydrogen (secondary N) is 2. The number of carbonyl (C=O) groups is 2. The van der Waals surface area contributed by atoms with Gasteiger partial charge in [-0.1, -0.05) is 12.1 Å². The molecule has 36 heavy (non-hydrogen) atoms. The lowest BCUT2D eigenvalue weighted by molar-refractivity contribution is 0.0198. The molecule has 2 aliphatic heterocycles. The molecule has 7 heteroatoms. The van der Waals surface area contributed by atoms with Crippen molar-refractivity contribution in [3.8, 4) is 5.75 Å². The van der Waals surface area contributed by atoms with Crippen LogP contribution in [0.1, 0.15) is 80.5 Å². The highest BCUT2D eigenvalue weighted by Gasteiger charge is 2.47. The Balaban J connectivity index is 1.48. The molecule has 0 aromatic heterocycles. The minimum Gasteiger partial charge on any atom is -0.494 e. The maximum absolute atomic E-state index is 13.3. The summed E-state index contributed by atoms with van der Waals surface area (Å²) in [4.78, 5) is 28.0. The van der Waals surface area contributed by atoms with Crippen LogP contribution in [-0.4, -0.2) is 42.2 Å². The third-order valence-corrected chi connectivity index (χ3v) is 7.24. The van der Waals surface area contributed by atoms with Gasteiger partial charge in [-0.15, -0.1) is 0 Å². The number of benzene rings is 2. The van der Waals surface area contributed by atoms with Crippen molar-refractivity contribution in [2.45, 2.75) is 64.6 Å². The zero-order chi connectivity index (χ0) is 25.4. The number of likely N-dealkylation sites (tertiary alicyclic amines) is 1. The molecule has 192 valence electrons. The van der Waals surface area contributed by atoms with E-state index < -0.39 is 5.60 Å². The molecule has 2 N–H and O–H groups in total. The number of amides is 2. The van der Waals surface area contributed by atoms with Crippen molar-refractivity contribution in [1.29, 1.82) is 0 Å². The van der Waals surface area contributed by atoms with Crippen LogP contribution in [-0.2, 0) is 4.74 Å². The van der Waals surface area contributed by atoms with Crippen molar-refractivity contribution in [1.82, 2.24) is 10.2 Å². The Bertz CT molecular complexity index is 1120. The molecule has 3 atom stereocenters. The van der Waals surface area contributed by atoms with Gasteiger partial charge in [0.05, 0.1) is 18.7 Å². The standard InChI is InChI=1S/C29H37N3O4/c1-5-35-21-11-8-19(9-12-21)25-22-14-15-32(28(34)36-29(2,3)4)26(22)23-16-20(10-13-24(23)31-25)27(33)30-17-18-6-7-18/h8-13,16,18,22,25-26,31H,5-7,14-15,17H2,1-4H3,(H,30,33)/t22-,25?,26-/m0/s1. The van der Waals surface area contributed by atoms with E-state index in [4.69, 9.17) is 9.47 Å². The second kappa shape index (κ2) is 9.68. The fraction of sp³-hybridized carbons (Fsp3) is 0.517. The highest BCUT2D eigenvalue weighted by molar-refractivity contribution is 5.95. The van der Waals surface area contributed by atoms with Crippen molar-refractivity contribution in [3.05, 3.63) is 59.2 Å². The molecule has 0 spiro atoms. The molecule has 5 rings (SSSR count). The van der Waals surface area contributed by atoms with E-state index in [9.17, 15) is 9.59 Å². The summed E-state index contributed by atoms with van der Waals surface area (Å²) in [5.41, 5.74) is 3.13. The molecule has 2 amide bonds. The van der Waals surface area contributed by atoms with Crippen molar-refractivity contribution >= 4 is 17.7 Å². The first kappa shape index (κ1) is 24.5. The first-order chi connectivity index (χ1) is 17.2. The third-order valence-electron chi connectivity index (χ3n) is 7.24. The molecular formula is C29H37N3O4. The van der Waals surface area contributed by atoms with Gasteiger partial charge in [0.25, 0.3) is 5.91 Å². The van der Waals surface area contributed by atoms with E-state index in [0.29, 0.717) is 24.6 Å². The quantitative estimate of drug-likeness (QED) is 0.543. The molecule has 7 nitrogen and oxygen atoms in total. The van der Waals surface area contributed by atoms with E-state index in [1.807, 2.05) is 62.9 Å². The van der Waals surface area contributed by atoms with Crippen LogP contribution >= 0.6 is 0 Å². The van der Waals surface area contributed by atoms with Gasteiger partial charge in [0.1, 0.15) is 11.4 Å². The molecule has 2 aromatic rings. The number of ether oxygens (including phenoxy) is 2. The van der Waals surface area contributed by atoms with Gasteiger partial charge in [-0.25, -0.2) is 4.79 Å². The smallest absolute Gasteiger partial charge is 0.410 e. The Hall–Kier alpha value is -3.22. The molecular weight excluding hydrogens is 454 g/mol. The lowest BCUT2D eigenvalue weighted by atomic mass is 9.79. The Labute approximate surface area is 213 Å². The monoisotopic (exact) mass is 491 g/mol. The van der Waals surface area contributed by atoms with Gasteiger partial charge in [-0.2, -0.15) is 0 Å². The summed E-state index contributed by atoms with van der Waals surface area (Å²) in [6.45, 7) is 9.60. The summed E-state index contributed by atoms with van der Waals surface area (Å²) in [5, 5.41) is 6.79. The molecule has 0 bridgehead atoms. The van der Waals surface area contributed by atoms with E-state index in [-0.39, 0.29) is 30.0 Å². The van der Waals surface area contributed by atoms with Gasteiger partial charge in [-0.3, -0.25) is 4.79 Å². The predicted molar refractivity (Wildman–Crippen MR) is 139 cm³/mol. The second-order valence-corrected chi connectivity index (χ2v) is 11.2. The number of fused-ring (bicyclic) bond motifs is 3. The number of anilines is 1. The summed E-state index contributed by atoms with van der Waals surface area (Å²) in [6, 6.07) is 13.9. The lowest BCUT2D eigenvalue weighted by Crippen LogP contribution is -2.40. The van der Waals surface area contributed by atoms with Gasteiger partial charge in [0, 0.05) is 30.3 Å². The highest BCUT2D eigenvalue weighted by Crippen LogP contribution is 2.51. The lowest BCUT2D eigenvalue weighted by Gasteiger charge is -2.40. The molecule has 1 saturated heterocycles. The zero-order valence-corrected chi connectivity index (χ0v) is 21.7. The van der Waals surface area contributed by atoms with Crippen LogP contribution in [0.2, 0.25) is 0 Å². The summed E-state index contributed by atoms with van der Waals surface area (Å²) in [6.07, 6.45) is 2.91. The van der Waals surface area contributed by atoms with Crippen molar-refractivity contribution in [2.75, 3.05) is 25.0 Å². The average Bonchev–Trinajstić information content (AvgIpc) is 3.56. The van der Waals surface area contributed by atoms with Crippen LogP contribution < -0.4 is 15.4 Å². The fourth-order valence-electron chi connectivity index (χ4n) is 5.37. The van der Waals surface area contributed by atoms with Crippen LogP contribution in [0, 0.1) is 11.8 Å². The third kappa shape index (κ3) is 5.15. The Morgan fingerprint density at radius 1 is 1.08 bits per heavy atom. The highest BCUT2D eigenvalue weighted by atomic mass is 16.6. The molecule has 1 saturated carbocycles. The van der Waals surface area contributed by atoms with E-state index in [2.05, 4.69) is 22.8 Å². The van der Waals surface area contributed by atoms with Gasteiger partial charge in [0.15, 0.2) is 0 Å². The topological polar surface area (TPSA) is 79.9 Å². The van der Waals surface area contributed by atoms with Crippen LogP contribution in [0.3, 0.4) is 0 Å². The number of rotatable bonds is 6. The first-order valence-electron chi connectivity index (χ1n) is 13.1. The van der Waals surface area contributed by atoms with Crippen molar-refractivity contribution < 1.29 is 19.1 Å². The summed E-state index contributed by atoms with van der Waals surface area (Å²) in [5.74, 6) is 1.55.